The normalized spacial score (nSPS) is 31.9. The zero-order chi connectivity index (χ0) is 13.7. The van der Waals surface area contributed by atoms with Crippen molar-refractivity contribution < 1.29 is 0 Å². The van der Waals surface area contributed by atoms with Crippen LogP contribution in [0.2, 0.25) is 0 Å². The highest BCUT2D eigenvalue weighted by Gasteiger charge is 2.36. The van der Waals surface area contributed by atoms with Crippen molar-refractivity contribution >= 4 is 0 Å². The maximum Gasteiger partial charge on any atom is 0.00503 e. The lowest BCUT2D eigenvalue weighted by atomic mass is 9.70. The predicted molar refractivity (Wildman–Crippen MR) is 83.4 cm³/mol. The van der Waals surface area contributed by atoms with Crippen LogP contribution >= 0.6 is 0 Å². The van der Waals surface area contributed by atoms with Crippen molar-refractivity contribution in [1.29, 1.82) is 0 Å². The van der Waals surface area contributed by atoms with Gasteiger partial charge in [-0.05, 0) is 62.9 Å². The van der Waals surface area contributed by atoms with Gasteiger partial charge in [0.2, 0.25) is 0 Å². The molecule has 112 valence electrons. The van der Waals surface area contributed by atoms with Crippen molar-refractivity contribution in [2.24, 2.45) is 17.3 Å². The van der Waals surface area contributed by atoms with Gasteiger partial charge in [0.25, 0.3) is 0 Å². The van der Waals surface area contributed by atoms with Crippen LogP contribution in [-0.2, 0) is 0 Å². The molecule has 0 unspecified atom stereocenters. The summed E-state index contributed by atoms with van der Waals surface area (Å²) in [4.78, 5) is 2.78. The Hall–Kier alpha value is -0.0800. The standard InChI is InChI=1S/C17H34N2/c1-4-11-19(12-16-5-6-16)14-17(13-18-3)9-7-15(2)8-10-17/h15-16,18H,4-14H2,1-3H3. The van der Waals surface area contributed by atoms with Crippen molar-refractivity contribution in [3.05, 3.63) is 0 Å². The molecular formula is C17H34N2. The highest BCUT2D eigenvalue weighted by atomic mass is 15.1. The number of hydrogen-bond donors (Lipinski definition) is 1. The van der Waals surface area contributed by atoms with E-state index in [-0.39, 0.29) is 0 Å². The summed E-state index contributed by atoms with van der Waals surface area (Å²) in [5.74, 6) is 1.98. The SMILES string of the molecule is CCCN(CC1CC1)CC1(CNC)CCC(C)CC1. The van der Waals surface area contributed by atoms with E-state index < -0.39 is 0 Å². The van der Waals surface area contributed by atoms with Gasteiger partial charge < -0.3 is 10.2 Å². The third kappa shape index (κ3) is 4.75. The van der Waals surface area contributed by atoms with E-state index in [4.69, 9.17) is 0 Å². The molecule has 19 heavy (non-hydrogen) atoms. The van der Waals surface area contributed by atoms with E-state index in [9.17, 15) is 0 Å². The summed E-state index contributed by atoms with van der Waals surface area (Å²) in [5.41, 5.74) is 0.561. The minimum absolute atomic E-state index is 0.561. The molecule has 2 nitrogen and oxygen atoms in total. The molecule has 1 N–H and O–H groups in total. The summed E-state index contributed by atoms with van der Waals surface area (Å²) in [6.45, 7) is 9.98. The van der Waals surface area contributed by atoms with Gasteiger partial charge in [-0.15, -0.1) is 0 Å². The van der Waals surface area contributed by atoms with Gasteiger partial charge in [0.1, 0.15) is 0 Å². The maximum atomic E-state index is 3.48. The highest BCUT2D eigenvalue weighted by Crippen LogP contribution is 2.40. The molecule has 0 atom stereocenters. The second-order valence-electron chi connectivity index (χ2n) is 7.39. The molecule has 0 aliphatic heterocycles. The summed E-state index contributed by atoms with van der Waals surface area (Å²) < 4.78 is 0. The van der Waals surface area contributed by atoms with Crippen molar-refractivity contribution in [3.8, 4) is 0 Å². The molecule has 0 aromatic rings. The third-order valence-electron chi connectivity index (χ3n) is 5.20. The molecular weight excluding hydrogens is 232 g/mol. The van der Waals surface area contributed by atoms with E-state index in [2.05, 4.69) is 31.1 Å². The first-order valence-corrected chi connectivity index (χ1v) is 8.54. The molecule has 0 spiro atoms. The van der Waals surface area contributed by atoms with Gasteiger partial charge in [-0.3, -0.25) is 0 Å². The Morgan fingerprint density at radius 2 is 1.84 bits per heavy atom. The summed E-state index contributed by atoms with van der Waals surface area (Å²) in [6.07, 6.45) is 10.0. The van der Waals surface area contributed by atoms with Crippen molar-refractivity contribution in [3.63, 3.8) is 0 Å². The van der Waals surface area contributed by atoms with Crippen molar-refractivity contribution in [2.75, 3.05) is 33.2 Å². The Kier molecular flexibility index (Phi) is 5.70. The summed E-state index contributed by atoms with van der Waals surface area (Å²) >= 11 is 0. The minimum Gasteiger partial charge on any atom is -0.319 e. The molecule has 0 amide bonds. The molecule has 0 heterocycles. The Morgan fingerprint density at radius 3 is 2.37 bits per heavy atom. The summed E-state index contributed by atoms with van der Waals surface area (Å²) in [5, 5.41) is 3.48. The number of nitrogens with zero attached hydrogens (tertiary/aromatic N) is 1. The molecule has 2 aliphatic rings. The van der Waals surface area contributed by atoms with E-state index in [1.165, 1.54) is 71.1 Å². The maximum absolute atomic E-state index is 3.48. The van der Waals surface area contributed by atoms with Crippen molar-refractivity contribution in [1.82, 2.24) is 10.2 Å². The van der Waals surface area contributed by atoms with Crippen LogP contribution in [0.1, 0.15) is 58.8 Å². The first kappa shape index (κ1) is 15.3. The van der Waals surface area contributed by atoms with Crippen LogP contribution in [0.5, 0.6) is 0 Å². The third-order valence-corrected chi connectivity index (χ3v) is 5.20. The van der Waals surface area contributed by atoms with Crippen LogP contribution in [0.4, 0.5) is 0 Å². The lowest BCUT2D eigenvalue weighted by Crippen LogP contribution is -2.46. The quantitative estimate of drug-likeness (QED) is 0.723. The largest absolute Gasteiger partial charge is 0.319 e. The monoisotopic (exact) mass is 266 g/mol. The lowest BCUT2D eigenvalue weighted by molar-refractivity contribution is 0.0854. The minimum atomic E-state index is 0.561. The van der Waals surface area contributed by atoms with Crippen LogP contribution in [0.3, 0.4) is 0 Å². The second kappa shape index (κ2) is 7.08. The van der Waals surface area contributed by atoms with E-state index >= 15 is 0 Å². The van der Waals surface area contributed by atoms with Crippen LogP contribution in [-0.4, -0.2) is 38.1 Å². The Labute approximate surface area is 120 Å². The van der Waals surface area contributed by atoms with Gasteiger partial charge >= 0.3 is 0 Å². The molecule has 0 bridgehead atoms. The van der Waals surface area contributed by atoms with Gasteiger partial charge in [0.15, 0.2) is 0 Å². The van der Waals surface area contributed by atoms with Crippen LogP contribution in [0.15, 0.2) is 0 Å². The fourth-order valence-electron chi connectivity index (χ4n) is 3.83. The average Bonchev–Trinajstić information content (AvgIpc) is 3.18. The molecule has 0 radical (unpaired) electrons. The molecule has 2 saturated carbocycles. The molecule has 2 aliphatic carbocycles. The zero-order valence-electron chi connectivity index (χ0n) is 13.4. The molecule has 2 fully saturated rings. The van der Waals surface area contributed by atoms with Crippen LogP contribution < -0.4 is 5.32 Å². The van der Waals surface area contributed by atoms with Crippen molar-refractivity contribution in [2.45, 2.75) is 58.8 Å². The van der Waals surface area contributed by atoms with E-state index in [0.29, 0.717) is 5.41 Å². The number of hydrogen-bond acceptors (Lipinski definition) is 2. The number of rotatable bonds is 8. The molecule has 2 heteroatoms. The Bertz CT molecular complexity index is 252. The zero-order valence-corrected chi connectivity index (χ0v) is 13.4. The molecule has 2 rings (SSSR count). The van der Waals surface area contributed by atoms with Gasteiger partial charge in [0, 0.05) is 19.6 Å². The number of nitrogens with one attached hydrogen (secondary N) is 1. The second-order valence-corrected chi connectivity index (χ2v) is 7.39. The average molecular weight is 266 g/mol. The first-order chi connectivity index (χ1) is 9.17. The Balaban J connectivity index is 1.92. The highest BCUT2D eigenvalue weighted by molar-refractivity contribution is 4.90. The van der Waals surface area contributed by atoms with Gasteiger partial charge in [0.05, 0.1) is 0 Å². The molecule has 0 aromatic carbocycles. The molecule has 0 saturated heterocycles. The summed E-state index contributed by atoms with van der Waals surface area (Å²) in [7, 11) is 2.13. The summed E-state index contributed by atoms with van der Waals surface area (Å²) in [6, 6.07) is 0. The van der Waals surface area contributed by atoms with Gasteiger partial charge in [-0.1, -0.05) is 26.7 Å². The Morgan fingerprint density at radius 1 is 1.16 bits per heavy atom. The van der Waals surface area contributed by atoms with Crippen LogP contribution in [0, 0.1) is 17.3 Å². The van der Waals surface area contributed by atoms with Gasteiger partial charge in [-0.25, -0.2) is 0 Å². The molecule has 0 aromatic heterocycles. The van der Waals surface area contributed by atoms with Gasteiger partial charge in [-0.2, -0.15) is 0 Å². The van der Waals surface area contributed by atoms with E-state index in [0.717, 1.165) is 11.8 Å². The fourth-order valence-corrected chi connectivity index (χ4v) is 3.83. The smallest absolute Gasteiger partial charge is 0.00503 e. The predicted octanol–water partition coefficient (Wildman–Crippen LogP) is 3.52. The fraction of sp³-hybridized carbons (Fsp3) is 1.00. The van der Waals surface area contributed by atoms with E-state index in [1.807, 2.05) is 0 Å². The first-order valence-electron chi connectivity index (χ1n) is 8.54. The lowest BCUT2D eigenvalue weighted by Gasteiger charge is -2.43. The van der Waals surface area contributed by atoms with Crippen LogP contribution in [0.25, 0.3) is 0 Å². The topological polar surface area (TPSA) is 15.3 Å². The van der Waals surface area contributed by atoms with E-state index in [1.54, 1.807) is 0 Å².